The number of likely N-dealkylation sites (tertiary alicyclic amines) is 1. The van der Waals surface area contributed by atoms with Crippen molar-refractivity contribution in [3.05, 3.63) is 69.7 Å². The number of amides is 1. The molecule has 1 heterocycles. The Balaban J connectivity index is 1.90. The van der Waals surface area contributed by atoms with E-state index in [-0.39, 0.29) is 19.1 Å². The molecule has 26 heavy (non-hydrogen) atoms. The topological polar surface area (TPSA) is 49.8 Å². The van der Waals surface area contributed by atoms with Crippen LogP contribution < -0.4 is 0 Å². The van der Waals surface area contributed by atoms with Gasteiger partial charge in [0.15, 0.2) is 0 Å². The molecule has 1 amide bonds. The fourth-order valence-corrected chi connectivity index (χ4v) is 3.65. The Morgan fingerprint density at radius 2 is 1.88 bits per heavy atom. The number of piperidine rings is 1. The maximum absolute atomic E-state index is 12.5. The lowest BCUT2D eigenvalue weighted by atomic mass is 9.84. The van der Waals surface area contributed by atoms with E-state index in [9.17, 15) is 9.90 Å². The molecule has 6 heteroatoms. The minimum atomic E-state index is -0.709. The van der Waals surface area contributed by atoms with Crippen LogP contribution in [-0.4, -0.2) is 35.7 Å². The predicted molar refractivity (Wildman–Crippen MR) is 102 cm³/mol. The monoisotopic (exact) mass is 393 g/mol. The molecule has 1 fully saturated rings. The first-order chi connectivity index (χ1) is 12.5. The molecule has 1 atom stereocenters. The summed E-state index contributed by atoms with van der Waals surface area (Å²) in [5, 5.41) is 10.2. The van der Waals surface area contributed by atoms with Gasteiger partial charge in [0.2, 0.25) is 5.91 Å². The SMILES string of the molecule is O=C1CCC(OCCO)(c2ccc(Cl)c(Cl)c2)CN1Cc1ccccc1. The van der Waals surface area contributed by atoms with E-state index in [1.165, 1.54) is 0 Å². The highest BCUT2D eigenvalue weighted by Gasteiger charge is 2.41. The number of ether oxygens (including phenoxy) is 1. The van der Waals surface area contributed by atoms with Crippen molar-refractivity contribution in [3.63, 3.8) is 0 Å². The number of carbonyl (C=O) groups is 1. The highest BCUT2D eigenvalue weighted by molar-refractivity contribution is 6.42. The first kappa shape index (κ1) is 19.2. The molecule has 1 saturated heterocycles. The molecule has 0 bridgehead atoms. The summed E-state index contributed by atoms with van der Waals surface area (Å²) in [6, 6.07) is 15.3. The minimum Gasteiger partial charge on any atom is -0.394 e. The lowest BCUT2D eigenvalue weighted by Gasteiger charge is -2.43. The van der Waals surface area contributed by atoms with Gasteiger partial charge in [-0.05, 0) is 29.7 Å². The van der Waals surface area contributed by atoms with Crippen molar-refractivity contribution in [1.82, 2.24) is 4.90 Å². The van der Waals surface area contributed by atoms with E-state index in [4.69, 9.17) is 27.9 Å². The largest absolute Gasteiger partial charge is 0.394 e. The molecule has 2 aromatic carbocycles. The molecule has 3 rings (SSSR count). The second-order valence-corrected chi connectivity index (χ2v) is 7.25. The molecule has 1 aliphatic heterocycles. The second-order valence-electron chi connectivity index (χ2n) is 6.43. The number of hydrogen-bond acceptors (Lipinski definition) is 3. The van der Waals surface area contributed by atoms with Gasteiger partial charge in [-0.1, -0.05) is 59.6 Å². The summed E-state index contributed by atoms with van der Waals surface area (Å²) in [6.45, 7) is 1.02. The summed E-state index contributed by atoms with van der Waals surface area (Å²) in [6.07, 6.45) is 0.910. The third kappa shape index (κ3) is 4.21. The predicted octanol–water partition coefficient (Wildman–Crippen LogP) is 4.02. The summed E-state index contributed by atoms with van der Waals surface area (Å²) in [4.78, 5) is 14.3. The van der Waals surface area contributed by atoms with Gasteiger partial charge >= 0.3 is 0 Å². The van der Waals surface area contributed by atoms with Crippen molar-refractivity contribution < 1.29 is 14.6 Å². The zero-order chi connectivity index (χ0) is 18.6. The Bertz CT molecular complexity index is 769. The summed E-state index contributed by atoms with van der Waals surface area (Å²) in [5.74, 6) is 0.0946. The van der Waals surface area contributed by atoms with Crippen molar-refractivity contribution in [2.75, 3.05) is 19.8 Å². The van der Waals surface area contributed by atoms with Gasteiger partial charge in [0, 0.05) is 13.0 Å². The van der Waals surface area contributed by atoms with Crippen molar-refractivity contribution in [1.29, 1.82) is 0 Å². The maximum Gasteiger partial charge on any atom is 0.223 e. The Hall–Kier alpha value is -1.59. The van der Waals surface area contributed by atoms with Crippen molar-refractivity contribution in [2.45, 2.75) is 25.0 Å². The Labute approximate surface area is 163 Å². The summed E-state index contributed by atoms with van der Waals surface area (Å²) in [5.41, 5.74) is 1.22. The second kappa shape index (κ2) is 8.40. The van der Waals surface area contributed by atoms with Gasteiger partial charge in [-0.15, -0.1) is 0 Å². The number of carbonyl (C=O) groups excluding carboxylic acids is 1. The smallest absolute Gasteiger partial charge is 0.223 e. The quantitative estimate of drug-likeness (QED) is 0.805. The van der Waals surface area contributed by atoms with Gasteiger partial charge in [-0.25, -0.2) is 0 Å². The molecule has 1 N–H and O–H groups in total. The van der Waals surface area contributed by atoms with Gasteiger partial charge in [0.25, 0.3) is 0 Å². The van der Waals surface area contributed by atoms with E-state index < -0.39 is 5.60 Å². The molecule has 0 saturated carbocycles. The third-order valence-electron chi connectivity index (χ3n) is 4.67. The van der Waals surface area contributed by atoms with Gasteiger partial charge < -0.3 is 14.7 Å². The molecule has 0 radical (unpaired) electrons. The highest BCUT2D eigenvalue weighted by Crippen LogP contribution is 2.38. The fourth-order valence-electron chi connectivity index (χ4n) is 3.35. The molecular weight excluding hydrogens is 373 g/mol. The van der Waals surface area contributed by atoms with Gasteiger partial charge in [-0.2, -0.15) is 0 Å². The molecule has 4 nitrogen and oxygen atoms in total. The molecule has 1 unspecified atom stereocenters. The van der Waals surface area contributed by atoms with Crippen LogP contribution in [0.3, 0.4) is 0 Å². The normalized spacial score (nSPS) is 20.4. The average Bonchev–Trinajstić information content (AvgIpc) is 2.65. The Morgan fingerprint density at radius 3 is 2.58 bits per heavy atom. The molecule has 2 aromatic rings. The van der Waals surface area contributed by atoms with Crippen molar-refractivity contribution >= 4 is 29.1 Å². The van der Waals surface area contributed by atoms with Gasteiger partial charge in [-0.3, -0.25) is 4.79 Å². The van der Waals surface area contributed by atoms with E-state index in [2.05, 4.69) is 0 Å². The Morgan fingerprint density at radius 1 is 1.12 bits per heavy atom. The lowest BCUT2D eigenvalue weighted by Crippen LogP contribution is -2.50. The van der Waals surface area contributed by atoms with Crippen molar-refractivity contribution in [3.8, 4) is 0 Å². The molecule has 0 aliphatic carbocycles. The van der Waals surface area contributed by atoms with Crippen LogP contribution in [0.4, 0.5) is 0 Å². The molecular formula is C20H21Cl2NO3. The van der Waals surface area contributed by atoms with Gasteiger partial charge in [0.1, 0.15) is 5.60 Å². The number of halogens is 2. The van der Waals surface area contributed by atoms with E-state index in [1.807, 2.05) is 36.4 Å². The first-order valence-corrected chi connectivity index (χ1v) is 9.32. The van der Waals surface area contributed by atoms with E-state index in [0.29, 0.717) is 36.0 Å². The first-order valence-electron chi connectivity index (χ1n) is 8.56. The Kier molecular flexibility index (Phi) is 6.20. The maximum atomic E-state index is 12.5. The summed E-state index contributed by atoms with van der Waals surface area (Å²) < 4.78 is 6.07. The molecule has 0 spiro atoms. The summed E-state index contributed by atoms with van der Waals surface area (Å²) >= 11 is 12.3. The molecule has 138 valence electrons. The van der Waals surface area contributed by atoms with E-state index >= 15 is 0 Å². The number of aliphatic hydroxyl groups excluding tert-OH is 1. The fraction of sp³-hybridized carbons (Fsp3) is 0.350. The molecule has 1 aliphatic rings. The van der Waals surface area contributed by atoms with Crippen LogP contribution in [0.1, 0.15) is 24.0 Å². The van der Waals surface area contributed by atoms with Crippen LogP contribution >= 0.6 is 23.2 Å². The van der Waals surface area contributed by atoms with Crippen molar-refractivity contribution in [2.24, 2.45) is 0 Å². The number of hydrogen-bond donors (Lipinski definition) is 1. The van der Waals surface area contributed by atoms with Crippen LogP contribution in [0.5, 0.6) is 0 Å². The van der Waals surface area contributed by atoms with E-state index in [1.54, 1.807) is 17.0 Å². The standard InChI is InChI=1S/C20H21Cl2NO3/c21-17-7-6-16(12-18(17)22)20(26-11-10-24)9-8-19(25)23(14-20)13-15-4-2-1-3-5-15/h1-7,12,24H,8-11,13-14H2. The van der Waals surface area contributed by atoms with Crippen LogP contribution in [0.2, 0.25) is 10.0 Å². The third-order valence-corrected chi connectivity index (χ3v) is 5.41. The van der Waals surface area contributed by atoms with Gasteiger partial charge in [0.05, 0.1) is 29.8 Å². The number of aliphatic hydroxyl groups is 1. The zero-order valence-corrected chi connectivity index (χ0v) is 15.8. The average molecular weight is 394 g/mol. The van der Waals surface area contributed by atoms with Crippen LogP contribution in [-0.2, 0) is 21.7 Å². The number of nitrogens with zero attached hydrogens (tertiary/aromatic N) is 1. The highest BCUT2D eigenvalue weighted by atomic mass is 35.5. The zero-order valence-electron chi connectivity index (χ0n) is 14.3. The lowest BCUT2D eigenvalue weighted by molar-refractivity contribution is -0.152. The van der Waals surface area contributed by atoms with Crippen LogP contribution in [0.15, 0.2) is 48.5 Å². The van der Waals surface area contributed by atoms with Crippen LogP contribution in [0, 0.1) is 0 Å². The molecule has 0 aromatic heterocycles. The number of benzene rings is 2. The number of rotatable bonds is 6. The van der Waals surface area contributed by atoms with E-state index in [0.717, 1.165) is 11.1 Å². The summed E-state index contributed by atoms with van der Waals surface area (Å²) in [7, 11) is 0. The van der Waals surface area contributed by atoms with Crippen LogP contribution in [0.25, 0.3) is 0 Å². The minimum absolute atomic E-state index is 0.0876.